The van der Waals surface area contributed by atoms with E-state index >= 15 is 0 Å². The number of carbonyl (C=O) groups excluding carboxylic acids is 1. The van der Waals surface area contributed by atoms with E-state index in [-0.39, 0.29) is 31.1 Å². The highest BCUT2D eigenvalue weighted by Crippen LogP contribution is 2.36. The number of aliphatic hydroxyl groups excluding tert-OH is 1. The number of nitrogens with one attached hydrogen (secondary N) is 1. The molecule has 5 nitrogen and oxygen atoms in total. The molecule has 2 N–H and O–H groups in total. The number of carbonyl (C=O) groups is 1. The third-order valence-electron chi connectivity index (χ3n) is 6.68. The van der Waals surface area contributed by atoms with Crippen LogP contribution in [0.1, 0.15) is 31.9 Å². The van der Waals surface area contributed by atoms with Gasteiger partial charge in [-0.05, 0) is 41.2 Å². The van der Waals surface area contributed by atoms with Crippen LogP contribution in [0, 0.1) is 11.7 Å². The van der Waals surface area contributed by atoms with Gasteiger partial charge in [-0.1, -0.05) is 50.2 Å². The molecule has 0 spiro atoms. The number of hydrogen-bond donors (Lipinski definition) is 2. The number of alkyl halides is 4. The molecule has 2 aliphatic rings. The minimum absolute atomic E-state index is 0.0842. The maximum atomic E-state index is 14.5. The standard InChI is InChI=1S/C26H29F5N2O3/c1-14(2)11-20(25(35)33-12-19(28)23-22(33)21(34)13-36-23)32-24(26(29,30)31)17-5-3-15(4-6-17)16-7-9-18(27)10-8-16/h3-10,14,19-24,32,34H,11-13H2,1-2H3/t19-,20-,21-,22?,23+,24-/m0/s1. The van der Waals surface area contributed by atoms with Gasteiger partial charge < -0.3 is 14.7 Å². The Kier molecular flexibility index (Phi) is 7.68. The molecule has 0 aliphatic carbocycles. The molecule has 2 aliphatic heterocycles. The molecule has 6 atom stereocenters. The highest BCUT2D eigenvalue weighted by molar-refractivity contribution is 5.83. The first-order valence-electron chi connectivity index (χ1n) is 11.9. The van der Waals surface area contributed by atoms with Gasteiger partial charge in [-0.3, -0.25) is 10.1 Å². The summed E-state index contributed by atoms with van der Waals surface area (Å²) < 4.78 is 75.5. The van der Waals surface area contributed by atoms with Crippen molar-refractivity contribution in [2.45, 2.75) is 62.9 Å². The summed E-state index contributed by atoms with van der Waals surface area (Å²) in [5.41, 5.74) is 1.16. The van der Waals surface area contributed by atoms with Crippen LogP contribution in [0.3, 0.4) is 0 Å². The molecule has 1 amide bonds. The number of ether oxygens (including phenoxy) is 1. The number of hydrogen-bond acceptors (Lipinski definition) is 4. The molecular weight excluding hydrogens is 483 g/mol. The van der Waals surface area contributed by atoms with Crippen molar-refractivity contribution in [1.82, 2.24) is 10.2 Å². The molecule has 0 saturated carbocycles. The minimum atomic E-state index is -4.72. The van der Waals surface area contributed by atoms with Crippen LogP contribution < -0.4 is 5.32 Å². The maximum absolute atomic E-state index is 14.5. The Hall–Kier alpha value is -2.56. The number of benzene rings is 2. The minimum Gasteiger partial charge on any atom is -0.388 e. The average Bonchev–Trinajstić information content (AvgIpc) is 3.36. The lowest BCUT2D eigenvalue weighted by Crippen LogP contribution is -2.54. The Morgan fingerprint density at radius 3 is 2.25 bits per heavy atom. The van der Waals surface area contributed by atoms with Gasteiger partial charge in [-0.25, -0.2) is 8.78 Å². The number of aliphatic hydroxyl groups is 1. The van der Waals surface area contributed by atoms with Crippen LogP contribution in [0.25, 0.3) is 11.1 Å². The Bertz CT molecular complexity index is 1050. The molecule has 1 unspecified atom stereocenters. The van der Waals surface area contributed by atoms with Crippen LogP contribution in [0.4, 0.5) is 22.0 Å². The van der Waals surface area contributed by atoms with Crippen molar-refractivity contribution in [2.75, 3.05) is 13.2 Å². The summed E-state index contributed by atoms with van der Waals surface area (Å²) in [6, 6.07) is 6.91. The van der Waals surface area contributed by atoms with Gasteiger partial charge in [0.1, 0.15) is 30.2 Å². The van der Waals surface area contributed by atoms with Crippen molar-refractivity contribution in [3.8, 4) is 11.1 Å². The third-order valence-corrected chi connectivity index (χ3v) is 6.68. The average molecular weight is 513 g/mol. The molecule has 10 heteroatoms. The Morgan fingerprint density at radius 2 is 1.69 bits per heavy atom. The zero-order valence-electron chi connectivity index (χ0n) is 19.9. The second kappa shape index (κ2) is 10.4. The van der Waals surface area contributed by atoms with Crippen LogP contribution in [-0.2, 0) is 9.53 Å². The number of likely N-dealkylation sites (tertiary alicyclic amines) is 1. The summed E-state index contributed by atoms with van der Waals surface area (Å²) in [6.45, 7) is 3.08. The molecule has 0 radical (unpaired) electrons. The number of rotatable bonds is 7. The van der Waals surface area contributed by atoms with Gasteiger partial charge >= 0.3 is 6.18 Å². The van der Waals surface area contributed by atoms with E-state index in [1.807, 2.05) is 0 Å². The summed E-state index contributed by atoms with van der Waals surface area (Å²) in [4.78, 5) is 14.5. The first-order chi connectivity index (χ1) is 17.0. The van der Waals surface area contributed by atoms with E-state index < -0.39 is 54.4 Å². The fourth-order valence-corrected chi connectivity index (χ4v) is 4.98. The SMILES string of the molecule is CC(C)C[C@H](N[C@@H](c1ccc(-c2ccc(F)cc2)cc1)C(F)(F)F)C(=O)N1C[C@H](F)[C@H]2OC[C@H](O)C21. The van der Waals surface area contributed by atoms with Gasteiger partial charge in [0.2, 0.25) is 5.91 Å². The molecule has 0 bridgehead atoms. The number of amides is 1. The Morgan fingerprint density at radius 1 is 1.11 bits per heavy atom. The van der Waals surface area contributed by atoms with Crippen LogP contribution in [-0.4, -0.2) is 65.7 Å². The van der Waals surface area contributed by atoms with Gasteiger partial charge in [0.25, 0.3) is 0 Å². The molecule has 2 saturated heterocycles. The molecule has 2 fully saturated rings. The first-order valence-corrected chi connectivity index (χ1v) is 11.9. The van der Waals surface area contributed by atoms with E-state index in [1.54, 1.807) is 13.8 Å². The number of fused-ring (bicyclic) bond motifs is 1. The molecule has 0 aromatic heterocycles. The van der Waals surface area contributed by atoms with Crippen molar-refractivity contribution in [2.24, 2.45) is 5.92 Å². The van der Waals surface area contributed by atoms with Gasteiger partial charge in [-0.15, -0.1) is 0 Å². The Labute approximate surface area is 206 Å². The predicted molar refractivity (Wildman–Crippen MR) is 123 cm³/mol. The molecule has 2 heterocycles. The molecule has 2 aromatic carbocycles. The van der Waals surface area contributed by atoms with Gasteiger partial charge in [0.15, 0.2) is 0 Å². The van der Waals surface area contributed by atoms with Crippen LogP contribution >= 0.6 is 0 Å². The lowest BCUT2D eigenvalue weighted by molar-refractivity contribution is -0.163. The summed E-state index contributed by atoms with van der Waals surface area (Å²) in [5.74, 6) is -1.25. The third kappa shape index (κ3) is 5.55. The van der Waals surface area contributed by atoms with Crippen molar-refractivity contribution in [3.63, 3.8) is 0 Å². The normalized spacial score (nSPS) is 25.8. The molecule has 2 aromatic rings. The van der Waals surface area contributed by atoms with Gasteiger partial charge in [0.05, 0.1) is 25.2 Å². The van der Waals surface area contributed by atoms with Gasteiger partial charge in [0, 0.05) is 0 Å². The predicted octanol–water partition coefficient (Wildman–Crippen LogP) is 4.41. The lowest BCUT2D eigenvalue weighted by atomic mass is 9.97. The van der Waals surface area contributed by atoms with E-state index in [1.165, 1.54) is 48.5 Å². The molecular formula is C26H29F5N2O3. The summed E-state index contributed by atoms with van der Waals surface area (Å²) >= 11 is 0. The second-order valence-electron chi connectivity index (χ2n) is 9.81. The van der Waals surface area contributed by atoms with Crippen LogP contribution in [0.2, 0.25) is 0 Å². The van der Waals surface area contributed by atoms with Crippen molar-refractivity contribution < 1.29 is 36.6 Å². The smallest absolute Gasteiger partial charge is 0.388 e. The first kappa shape index (κ1) is 26.5. The molecule has 196 valence electrons. The summed E-state index contributed by atoms with van der Waals surface area (Å²) in [7, 11) is 0. The van der Waals surface area contributed by atoms with Crippen LogP contribution in [0.15, 0.2) is 48.5 Å². The molecule has 4 rings (SSSR count). The zero-order valence-corrected chi connectivity index (χ0v) is 19.9. The molecule has 36 heavy (non-hydrogen) atoms. The van der Waals surface area contributed by atoms with E-state index in [0.29, 0.717) is 11.1 Å². The lowest BCUT2D eigenvalue weighted by Gasteiger charge is -2.33. The quantitative estimate of drug-likeness (QED) is 0.540. The van der Waals surface area contributed by atoms with E-state index in [9.17, 15) is 31.9 Å². The van der Waals surface area contributed by atoms with E-state index in [4.69, 9.17) is 4.74 Å². The Balaban J connectivity index is 1.59. The fraction of sp³-hybridized carbons (Fsp3) is 0.500. The topological polar surface area (TPSA) is 61.8 Å². The summed E-state index contributed by atoms with van der Waals surface area (Å²) in [5, 5.41) is 12.7. The van der Waals surface area contributed by atoms with Crippen LogP contribution in [0.5, 0.6) is 0 Å². The number of nitrogens with zero attached hydrogens (tertiary/aromatic N) is 1. The van der Waals surface area contributed by atoms with Crippen molar-refractivity contribution in [3.05, 3.63) is 59.9 Å². The van der Waals surface area contributed by atoms with E-state index in [2.05, 4.69) is 5.32 Å². The maximum Gasteiger partial charge on any atom is 0.407 e. The zero-order chi connectivity index (χ0) is 26.2. The van der Waals surface area contributed by atoms with E-state index in [0.717, 1.165) is 4.90 Å². The second-order valence-corrected chi connectivity index (χ2v) is 9.81. The number of halogens is 5. The van der Waals surface area contributed by atoms with Crippen molar-refractivity contribution in [1.29, 1.82) is 0 Å². The summed E-state index contributed by atoms with van der Waals surface area (Å²) in [6.07, 6.45) is -8.24. The monoisotopic (exact) mass is 512 g/mol. The highest BCUT2D eigenvalue weighted by Gasteiger charge is 2.54. The fourth-order valence-electron chi connectivity index (χ4n) is 4.98. The largest absolute Gasteiger partial charge is 0.407 e. The van der Waals surface area contributed by atoms with Gasteiger partial charge in [-0.2, -0.15) is 13.2 Å². The highest BCUT2D eigenvalue weighted by atomic mass is 19.4. The van der Waals surface area contributed by atoms with Crippen molar-refractivity contribution >= 4 is 5.91 Å².